The number of aromatic carboxylic acids is 1. The maximum atomic E-state index is 11.2. The fourth-order valence-corrected chi connectivity index (χ4v) is 2.92. The third-order valence-corrected chi connectivity index (χ3v) is 4.00. The zero-order valence-electron chi connectivity index (χ0n) is 9.74. The highest BCUT2D eigenvalue weighted by Crippen LogP contribution is 2.37. The van der Waals surface area contributed by atoms with Gasteiger partial charge in [0, 0.05) is 11.6 Å². The van der Waals surface area contributed by atoms with E-state index in [1.54, 1.807) is 0 Å². The Morgan fingerprint density at radius 3 is 2.68 bits per heavy atom. The Morgan fingerprint density at radius 1 is 1.37 bits per heavy atom. The average molecular weight is 278 g/mol. The van der Waals surface area contributed by atoms with Crippen LogP contribution in [0.3, 0.4) is 0 Å². The van der Waals surface area contributed by atoms with Gasteiger partial charge in [0.1, 0.15) is 5.92 Å². The maximum absolute atomic E-state index is 11.2. The molecule has 0 aromatic carbocycles. The van der Waals surface area contributed by atoms with E-state index < -0.39 is 17.9 Å². The van der Waals surface area contributed by atoms with Gasteiger partial charge in [0.05, 0.1) is 27.9 Å². The Balaban J connectivity index is 2.11. The molecule has 2 aliphatic rings. The van der Waals surface area contributed by atoms with Gasteiger partial charge in [-0.2, -0.15) is 0 Å². The fourth-order valence-electron chi connectivity index (χ4n) is 1.89. The summed E-state index contributed by atoms with van der Waals surface area (Å²) in [7, 11) is 0. The van der Waals surface area contributed by atoms with Gasteiger partial charge in [0.25, 0.3) is 0 Å². The predicted molar refractivity (Wildman–Crippen MR) is 70.1 cm³/mol. The van der Waals surface area contributed by atoms with E-state index in [9.17, 15) is 14.7 Å². The van der Waals surface area contributed by atoms with Crippen molar-refractivity contribution in [1.82, 2.24) is 0 Å². The molecule has 2 heterocycles. The zero-order chi connectivity index (χ0) is 13.6. The van der Waals surface area contributed by atoms with Gasteiger partial charge < -0.3 is 10.2 Å². The van der Waals surface area contributed by atoms with E-state index >= 15 is 0 Å². The van der Waals surface area contributed by atoms with Crippen LogP contribution in [0, 0.1) is 5.92 Å². The van der Waals surface area contributed by atoms with Crippen LogP contribution in [0.1, 0.15) is 28.1 Å². The van der Waals surface area contributed by atoms with Crippen LogP contribution in [0.5, 0.6) is 0 Å². The summed E-state index contributed by atoms with van der Waals surface area (Å²) in [5, 5.41) is 19.7. The van der Waals surface area contributed by atoms with Crippen LogP contribution in [0.25, 0.3) is 0 Å². The molecule has 1 aliphatic heterocycles. The Bertz CT molecular complexity index is 628. The van der Waals surface area contributed by atoms with Crippen molar-refractivity contribution in [2.24, 2.45) is 15.9 Å². The molecule has 19 heavy (non-hydrogen) atoms. The molecule has 1 atom stereocenters. The second-order valence-corrected chi connectivity index (χ2v) is 5.35. The summed E-state index contributed by atoms with van der Waals surface area (Å²) in [6, 6.07) is 0.173. The van der Waals surface area contributed by atoms with Gasteiger partial charge >= 0.3 is 11.9 Å². The van der Waals surface area contributed by atoms with Gasteiger partial charge in [0.2, 0.25) is 0 Å². The van der Waals surface area contributed by atoms with Crippen molar-refractivity contribution >= 4 is 40.9 Å². The minimum absolute atomic E-state index is 0.101. The van der Waals surface area contributed by atoms with Crippen molar-refractivity contribution in [2.75, 3.05) is 0 Å². The molecule has 0 saturated heterocycles. The monoisotopic (exact) mass is 278 g/mol. The van der Waals surface area contributed by atoms with Gasteiger partial charge in [0.15, 0.2) is 0 Å². The first kappa shape index (κ1) is 12.0. The molecular formula is C12H10N2O4S. The van der Waals surface area contributed by atoms with E-state index in [4.69, 9.17) is 5.11 Å². The highest BCUT2D eigenvalue weighted by molar-refractivity contribution is 7.13. The fraction of sp³-hybridized carbons (Fsp3) is 0.333. The van der Waals surface area contributed by atoms with Crippen molar-refractivity contribution in [3.63, 3.8) is 0 Å². The summed E-state index contributed by atoms with van der Waals surface area (Å²) in [6.45, 7) is 0. The molecule has 1 unspecified atom stereocenters. The Labute approximate surface area is 112 Å². The average Bonchev–Trinajstić information content (AvgIpc) is 3.05. The second kappa shape index (κ2) is 4.27. The van der Waals surface area contributed by atoms with Crippen molar-refractivity contribution in [1.29, 1.82) is 0 Å². The number of nitrogens with zero attached hydrogens (tertiary/aromatic N) is 2. The lowest BCUT2D eigenvalue weighted by Crippen LogP contribution is -2.28. The molecule has 1 aromatic heterocycles. The lowest BCUT2D eigenvalue weighted by atomic mass is 9.99. The van der Waals surface area contributed by atoms with Crippen LogP contribution in [0.2, 0.25) is 0 Å². The summed E-state index contributed by atoms with van der Waals surface area (Å²) < 4.78 is 0. The topological polar surface area (TPSA) is 99.3 Å². The molecule has 2 N–H and O–H groups in total. The van der Waals surface area contributed by atoms with E-state index in [2.05, 4.69) is 9.98 Å². The predicted octanol–water partition coefficient (Wildman–Crippen LogP) is 1.81. The molecule has 1 saturated carbocycles. The normalized spacial score (nSPS) is 23.4. The number of carboxylic acid groups (broad SMARTS) is 2. The summed E-state index contributed by atoms with van der Waals surface area (Å²) in [4.78, 5) is 31.3. The molecule has 6 nitrogen and oxygen atoms in total. The SMILES string of the molecule is O=C(O)c1csc2c1N=CC(C(=O)O)C2=NC1CC1. The number of fused-ring (bicyclic) bond motifs is 1. The van der Waals surface area contributed by atoms with Gasteiger partial charge in [-0.05, 0) is 12.8 Å². The van der Waals surface area contributed by atoms with Gasteiger partial charge in [-0.25, -0.2) is 4.79 Å². The lowest BCUT2D eigenvalue weighted by Gasteiger charge is -2.15. The van der Waals surface area contributed by atoms with E-state index in [-0.39, 0.29) is 11.6 Å². The van der Waals surface area contributed by atoms with Gasteiger partial charge in [-0.15, -0.1) is 11.3 Å². The Hall–Kier alpha value is -2.02. The summed E-state index contributed by atoms with van der Waals surface area (Å²) in [6.07, 6.45) is 3.18. The van der Waals surface area contributed by atoms with E-state index in [1.807, 2.05) is 0 Å². The van der Waals surface area contributed by atoms with Crippen LogP contribution in [-0.4, -0.2) is 40.1 Å². The standard InChI is InChI=1S/C12H10N2O4S/c15-11(16)6-3-13-8-7(12(17)18)4-19-10(8)9(6)14-5-1-2-5/h3-6H,1-2H2,(H,15,16)(H,17,18). The Morgan fingerprint density at radius 2 is 2.11 bits per heavy atom. The van der Waals surface area contributed by atoms with Gasteiger partial charge in [-0.1, -0.05) is 0 Å². The molecule has 7 heteroatoms. The lowest BCUT2D eigenvalue weighted by molar-refractivity contribution is -0.137. The quantitative estimate of drug-likeness (QED) is 0.880. The zero-order valence-corrected chi connectivity index (χ0v) is 10.6. The largest absolute Gasteiger partial charge is 0.480 e. The molecule has 1 aliphatic carbocycles. The van der Waals surface area contributed by atoms with Crippen LogP contribution in [-0.2, 0) is 4.79 Å². The van der Waals surface area contributed by atoms with Crippen LogP contribution < -0.4 is 0 Å². The number of rotatable bonds is 3. The van der Waals surface area contributed by atoms with Crippen molar-refractivity contribution in [3.8, 4) is 0 Å². The number of hydrogen-bond acceptors (Lipinski definition) is 5. The number of thiophene rings is 1. The van der Waals surface area contributed by atoms with Crippen LogP contribution >= 0.6 is 11.3 Å². The Kier molecular flexibility index (Phi) is 2.70. The molecule has 0 spiro atoms. The van der Waals surface area contributed by atoms with E-state index in [1.165, 1.54) is 22.9 Å². The summed E-state index contributed by atoms with van der Waals surface area (Å²) >= 11 is 1.19. The molecule has 1 fully saturated rings. The van der Waals surface area contributed by atoms with Crippen LogP contribution in [0.15, 0.2) is 15.4 Å². The van der Waals surface area contributed by atoms with Gasteiger partial charge in [-0.3, -0.25) is 14.8 Å². The number of aliphatic carboxylic acids is 1. The first-order chi connectivity index (χ1) is 9.08. The maximum Gasteiger partial charge on any atom is 0.338 e. The smallest absolute Gasteiger partial charge is 0.338 e. The second-order valence-electron chi connectivity index (χ2n) is 4.47. The molecule has 0 bridgehead atoms. The van der Waals surface area contributed by atoms with E-state index in [0.717, 1.165) is 12.8 Å². The number of carbonyl (C=O) groups is 2. The minimum Gasteiger partial charge on any atom is -0.480 e. The van der Waals surface area contributed by atoms with Crippen LogP contribution in [0.4, 0.5) is 5.69 Å². The number of aliphatic imine (C=N–C) groups is 2. The third-order valence-electron chi connectivity index (χ3n) is 3.01. The third kappa shape index (κ3) is 2.06. The molecule has 98 valence electrons. The minimum atomic E-state index is -1.06. The van der Waals surface area contributed by atoms with Crippen molar-refractivity contribution in [2.45, 2.75) is 18.9 Å². The van der Waals surface area contributed by atoms with E-state index in [0.29, 0.717) is 16.3 Å². The molecule has 0 amide bonds. The van der Waals surface area contributed by atoms with Crippen molar-refractivity contribution in [3.05, 3.63) is 15.8 Å². The number of hydrogen-bond donors (Lipinski definition) is 2. The highest BCUT2D eigenvalue weighted by atomic mass is 32.1. The first-order valence-corrected chi connectivity index (χ1v) is 6.65. The molecule has 3 rings (SSSR count). The molecule has 1 aromatic rings. The summed E-state index contributed by atoms with van der Waals surface area (Å²) in [5.74, 6) is -2.96. The molecular weight excluding hydrogens is 268 g/mol. The summed E-state index contributed by atoms with van der Waals surface area (Å²) in [5.41, 5.74) is 0.871. The highest BCUT2D eigenvalue weighted by Gasteiger charge is 2.34. The van der Waals surface area contributed by atoms with Crippen molar-refractivity contribution < 1.29 is 19.8 Å². The first-order valence-electron chi connectivity index (χ1n) is 5.77. The number of carboxylic acids is 2. The molecule has 0 radical (unpaired) electrons.